The molecule has 0 aliphatic heterocycles. The molecule has 2 rings (SSSR count). The average Bonchev–Trinajstić information content (AvgIpc) is 2.16. The maximum absolute atomic E-state index is 5.74. The predicted octanol–water partition coefficient (Wildman–Crippen LogP) is 2.29. The Labute approximate surface area is 91.3 Å². The Balaban J connectivity index is 2.04. The number of rotatable bonds is 4. The minimum atomic E-state index is 0.750. The Kier molecular flexibility index (Phi) is 3.09. The highest BCUT2D eigenvalue weighted by atomic mass is 15.1. The van der Waals surface area contributed by atoms with Crippen LogP contribution in [0.3, 0.4) is 0 Å². The van der Waals surface area contributed by atoms with Crippen LogP contribution >= 0.6 is 0 Å². The van der Waals surface area contributed by atoms with Gasteiger partial charge in [0.25, 0.3) is 0 Å². The SMILES string of the molecule is CCN(CC1CCC1)c1cncc(N)c1. The van der Waals surface area contributed by atoms with E-state index < -0.39 is 0 Å². The van der Waals surface area contributed by atoms with Gasteiger partial charge in [-0.3, -0.25) is 4.98 Å². The molecule has 0 saturated heterocycles. The lowest BCUT2D eigenvalue weighted by atomic mass is 9.85. The summed E-state index contributed by atoms with van der Waals surface area (Å²) in [5.74, 6) is 0.881. The second-order valence-corrected chi connectivity index (χ2v) is 4.31. The van der Waals surface area contributed by atoms with Gasteiger partial charge in [-0.1, -0.05) is 6.42 Å². The van der Waals surface area contributed by atoms with Gasteiger partial charge in [0.05, 0.1) is 17.6 Å². The van der Waals surface area contributed by atoms with Crippen molar-refractivity contribution in [2.45, 2.75) is 26.2 Å². The molecule has 2 N–H and O–H groups in total. The van der Waals surface area contributed by atoms with Crippen LogP contribution in [-0.2, 0) is 0 Å². The summed E-state index contributed by atoms with van der Waals surface area (Å²) in [6.45, 7) is 4.37. The predicted molar refractivity (Wildman–Crippen MR) is 63.9 cm³/mol. The molecule has 0 bridgehead atoms. The Hall–Kier alpha value is -1.25. The molecule has 1 aromatic rings. The maximum Gasteiger partial charge on any atom is 0.0573 e. The van der Waals surface area contributed by atoms with Crippen LogP contribution in [0.5, 0.6) is 0 Å². The van der Waals surface area contributed by atoms with Gasteiger partial charge in [0.15, 0.2) is 0 Å². The van der Waals surface area contributed by atoms with Gasteiger partial charge in [-0.2, -0.15) is 0 Å². The number of anilines is 2. The Bertz CT molecular complexity index is 320. The molecule has 0 unspecified atom stereocenters. The number of nitrogen functional groups attached to an aromatic ring is 1. The van der Waals surface area contributed by atoms with Gasteiger partial charge in [0.2, 0.25) is 0 Å². The first-order chi connectivity index (χ1) is 7.29. The molecular weight excluding hydrogens is 186 g/mol. The quantitative estimate of drug-likeness (QED) is 0.820. The molecule has 0 amide bonds. The molecule has 82 valence electrons. The highest BCUT2D eigenvalue weighted by Gasteiger charge is 2.20. The number of hydrogen-bond acceptors (Lipinski definition) is 3. The third kappa shape index (κ3) is 2.41. The van der Waals surface area contributed by atoms with Crippen LogP contribution in [0.4, 0.5) is 11.4 Å². The Morgan fingerprint density at radius 3 is 2.80 bits per heavy atom. The van der Waals surface area contributed by atoms with E-state index in [-0.39, 0.29) is 0 Å². The topological polar surface area (TPSA) is 42.2 Å². The molecule has 1 heterocycles. The second kappa shape index (κ2) is 4.51. The van der Waals surface area contributed by atoms with E-state index >= 15 is 0 Å². The molecule has 0 spiro atoms. The smallest absolute Gasteiger partial charge is 0.0573 e. The van der Waals surface area contributed by atoms with Crippen LogP contribution in [0.2, 0.25) is 0 Å². The van der Waals surface area contributed by atoms with Crippen molar-refractivity contribution in [3.63, 3.8) is 0 Å². The number of hydrogen-bond donors (Lipinski definition) is 1. The molecule has 0 atom stereocenters. The fourth-order valence-electron chi connectivity index (χ4n) is 2.02. The lowest BCUT2D eigenvalue weighted by molar-refractivity contribution is 0.318. The van der Waals surface area contributed by atoms with Gasteiger partial charge < -0.3 is 10.6 Å². The van der Waals surface area contributed by atoms with E-state index in [1.165, 1.54) is 19.3 Å². The number of pyridine rings is 1. The molecule has 1 aromatic heterocycles. The molecule has 1 fully saturated rings. The first-order valence-electron chi connectivity index (χ1n) is 5.75. The van der Waals surface area contributed by atoms with E-state index in [2.05, 4.69) is 16.8 Å². The van der Waals surface area contributed by atoms with Crippen LogP contribution in [0.15, 0.2) is 18.5 Å². The van der Waals surface area contributed by atoms with E-state index in [4.69, 9.17) is 5.73 Å². The lowest BCUT2D eigenvalue weighted by Crippen LogP contribution is -2.32. The van der Waals surface area contributed by atoms with Crippen molar-refractivity contribution in [2.75, 3.05) is 23.7 Å². The second-order valence-electron chi connectivity index (χ2n) is 4.31. The maximum atomic E-state index is 5.74. The molecule has 0 aromatic carbocycles. The number of nitrogens with two attached hydrogens (primary N) is 1. The van der Waals surface area contributed by atoms with E-state index in [1.807, 2.05) is 12.3 Å². The summed E-state index contributed by atoms with van der Waals surface area (Å²) in [4.78, 5) is 6.51. The van der Waals surface area contributed by atoms with Crippen LogP contribution < -0.4 is 10.6 Å². The highest BCUT2D eigenvalue weighted by Crippen LogP contribution is 2.28. The Morgan fingerprint density at radius 2 is 2.27 bits per heavy atom. The van der Waals surface area contributed by atoms with Gasteiger partial charge in [-0.15, -0.1) is 0 Å². The van der Waals surface area contributed by atoms with E-state index in [0.29, 0.717) is 0 Å². The summed E-state index contributed by atoms with van der Waals surface area (Å²) in [6, 6.07) is 2.01. The van der Waals surface area contributed by atoms with Crippen LogP contribution in [-0.4, -0.2) is 18.1 Å². The molecule has 1 aliphatic rings. The fourth-order valence-corrected chi connectivity index (χ4v) is 2.02. The summed E-state index contributed by atoms with van der Waals surface area (Å²) in [5, 5.41) is 0. The molecular formula is C12H19N3. The van der Waals surface area contributed by atoms with Gasteiger partial charge in [-0.25, -0.2) is 0 Å². The zero-order chi connectivity index (χ0) is 10.7. The molecule has 15 heavy (non-hydrogen) atoms. The minimum Gasteiger partial charge on any atom is -0.397 e. The van der Waals surface area contributed by atoms with Crippen LogP contribution in [0.25, 0.3) is 0 Å². The van der Waals surface area contributed by atoms with Gasteiger partial charge in [0.1, 0.15) is 0 Å². The van der Waals surface area contributed by atoms with Crippen molar-refractivity contribution in [1.82, 2.24) is 4.98 Å². The summed E-state index contributed by atoms with van der Waals surface area (Å²) in [5.41, 5.74) is 7.65. The monoisotopic (exact) mass is 205 g/mol. The standard InChI is InChI=1S/C12H19N3/c1-2-15(9-10-4-3-5-10)12-6-11(13)7-14-8-12/h6-8,10H,2-5,9,13H2,1H3. The average molecular weight is 205 g/mol. The summed E-state index contributed by atoms with van der Waals surface area (Å²) in [6.07, 6.45) is 7.76. The molecule has 1 aliphatic carbocycles. The largest absolute Gasteiger partial charge is 0.397 e. The third-order valence-corrected chi connectivity index (χ3v) is 3.20. The van der Waals surface area contributed by atoms with Crippen molar-refractivity contribution >= 4 is 11.4 Å². The van der Waals surface area contributed by atoms with Crippen molar-refractivity contribution in [3.05, 3.63) is 18.5 Å². The van der Waals surface area contributed by atoms with Crippen LogP contribution in [0.1, 0.15) is 26.2 Å². The summed E-state index contributed by atoms with van der Waals surface area (Å²) in [7, 11) is 0. The molecule has 0 radical (unpaired) electrons. The number of aromatic nitrogens is 1. The molecule has 3 heteroatoms. The van der Waals surface area contributed by atoms with Crippen molar-refractivity contribution in [3.8, 4) is 0 Å². The first-order valence-corrected chi connectivity index (χ1v) is 5.75. The van der Waals surface area contributed by atoms with E-state index in [0.717, 1.165) is 30.4 Å². The normalized spacial score (nSPS) is 16.1. The Morgan fingerprint density at radius 1 is 1.47 bits per heavy atom. The number of nitrogens with zero attached hydrogens (tertiary/aromatic N) is 2. The van der Waals surface area contributed by atoms with Gasteiger partial charge >= 0.3 is 0 Å². The summed E-state index contributed by atoms with van der Waals surface area (Å²) < 4.78 is 0. The highest BCUT2D eigenvalue weighted by molar-refractivity contribution is 5.53. The zero-order valence-electron chi connectivity index (χ0n) is 9.32. The van der Waals surface area contributed by atoms with Gasteiger partial charge in [-0.05, 0) is 31.7 Å². The van der Waals surface area contributed by atoms with Gasteiger partial charge in [0, 0.05) is 19.3 Å². The minimum absolute atomic E-state index is 0.750. The van der Waals surface area contributed by atoms with Crippen molar-refractivity contribution in [2.24, 2.45) is 5.92 Å². The van der Waals surface area contributed by atoms with Crippen molar-refractivity contribution in [1.29, 1.82) is 0 Å². The molecule has 3 nitrogen and oxygen atoms in total. The van der Waals surface area contributed by atoms with Crippen molar-refractivity contribution < 1.29 is 0 Å². The van der Waals surface area contributed by atoms with E-state index in [9.17, 15) is 0 Å². The fraction of sp³-hybridized carbons (Fsp3) is 0.583. The van der Waals surface area contributed by atoms with Crippen LogP contribution in [0, 0.1) is 5.92 Å². The summed E-state index contributed by atoms with van der Waals surface area (Å²) >= 11 is 0. The lowest BCUT2D eigenvalue weighted by Gasteiger charge is -2.33. The third-order valence-electron chi connectivity index (χ3n) is 3.20. The zero-order valence-corrected chi connectivity index (χ0v) is 9.32. The first kappa shape index (κ1) is 10.3. The molecule has 1 saturated carbocycles. The van der Waals surface area contributed by atoms with E-state index in [1.54, 1.807) is 6.20 Å².